The number of carbonyl (C=O) groups is 1. The Bertz CT molecular complexity index is 747. The molecule has 1 saturated heterocycles. The number of thioether (sulfide) groups is 1. The van der Waals surface area contributed by atoms with E-state index >= 15 is 0 Å². The lowest BCUT2D eigenvalue weighted by Gasteiger charge is -2.20. The molecule has 2 atom stereocenters. The summed E-state index contributed by atoms with van der Waals surface area (Å²) in [4.78, 5) is 14.1. The van der Waals surface area contributed by atoms with E-state index in [-0.39, 0.29) is 34.9 Å². The van der Waals surface area contributed by atoms with Gasteiger partial charge in [-0.2, -0.15) is 5.10 Å². The molecule has 2 aromatic rings. The first kappa shape index (κ1) is 19.3. The van der Waals surface area contributed by atoms with Crippen LogP contribution in [0.1, 0.15) is 24.3 Å². The van der Waals surface area contributed by atoms with Crippen LogP contribution in [0.5, 0.6) is 0 Å². The summed E-state index contributed by atoms with van der Waals surface area (Å²) in [5.41, 5.74) is 1.15. The summed E-state index contributed by atoms with van der Waals surface area (Å²) in [6.45, 7) is 2.33. The zero-order valence-corrected chi connectivity index (χ0v) is 16.5. The first-order valence-electron chi connectivity index (χ1n) is 8.86. The molecule has 140 valence electrons. The van der Waals surface area contributed by atoms with Crippen LogP contribution in [0.4, 0.5) is 0 Å². The number of carbonyl (C=O) groups excluding carboxylic acids is 1. The lowest BCUT2D eigenvalue weighted by molar-refractivity contribution is -0.124. The third-order valence-corrected chi connectivity index (χ3v) is 6.67. The van der Waals surface area contributed by atoms with Crippen molar-refractivity contribution in [3.63, 3.8) is 0 Å². The fourth-order valence-electron chi connectivity index (χ4n) is 3.51. The van der Waals surface area contributed by atoms with Crippen molar-refractivity contribution in [1.82, 2.24) is 20.4 Å². The Morgan fingerprint density at radius 2 is 2.12 bits per heavy atom. The van der Waals surface area contributed by atoms with Gasteiger partial charge in [-0.3, -0.25) is 9.48 Å². The van der Waals surface area contributed by atoms with Crippen molar-refractivity contribution in [2.45, 2.75) is 28.4 Å². The summed E-state index contributed by atoms with van der Waals surface area (Å²) < 4.78 is 1.99. The van der Waals surface area contributed by atoms with Crippen LogP contribution in [0.25, 0.3) is 0 Å². The van der Waals surface area contributed by atoms with Crippen molar-refractivity contribution < 1.29 is 4.79 Å². The molecule has 1 saturated carbocycles. The topological polar surface area (TPSA) is 59.0 Å². The summed E-state index contributed by atoms with van der Waals surface area (Å²) in [7, 11) is 1.92. The quantitative estimate of drug-likeness (QED) is 0.793. The summed E-state index contributed by atoms with van der Waals surface area (Å²) in [6.07, 6.45) is 6.24. The average Bonchev–Trinajstić information content (AvgIpc) is 3.02. The number of aromatic nitrogens is 2. The van der Waals surface area contributed by atoms with Crippen LogP contribution in [0.3, 0.4) is 0 Å². The second-order valence-electron chi connectivity index (χ2n) is 7.13. The Kier molecular flexibility index (Phi) is 5.95. The lowest BCUT2D eigenvalue weighted by Crippen LogP contribution is -2.38. The van der Waals surface area contributed by atoms with E-state index in [0.717, 1.165) is 25.2 Å². The molecule has 26 heavy (non-hydrogen) atoms. The maximum atomic E-state index is 12.8. The molecule has 2 aliphatic rings. The van der Waals surface area contributed by atoms with Crippen molar-refractivity contribution >= 4 is 30.1 Å². The highest BCUT2D eigenvalue weighted by molar-refractivity contribution is 8.01. The van der Waals surface area contributed by atoms with E-state index in [0.29, 0.717) is 0 Å². The Morgan fingerprint density at radius 1 is 1.35 bits per heavy atom. The monoisotopic (exact) mass is 392 g/mol. The zero-order chi connectivity index (χ0) is 17.3. The van der Waals surface area contributed by atoms with Gasteiger partial charge in [0.1, 0.15) is 0 Å². The lowest BCUT2D eigenvalue weighted by atomic mass is 9.90. The van der Waals surface area contributed by atoms with Gasteiger partial charge in [0.2, 0.25) is 5.91 Å². The van der Waals surface area contributed by atoms with Crippen LogP contribution >= 0.6 is 24.2 Å². The molecule has 0 spiro atoms. The smallest absolute Gasteiger partial charge is 0.225 e. The minimum absolute atomic E-state index is 0. The van der Waals surface area contributed by atoms with Crippen molar-refractivity contribution in [2.75, 3.05) is 19.6 Å². The van der Waals surface area contributed by atoms with Gasteiger partial charge in [-0.15, -0.1) is 24.2 Å². The fraction of sp³-hybridized carbons (Fsp3) is 0.474. The summed E-state index contributed by atoms with van der Waals surface area (Å²) >= 11 is 1.90. The molecule has 1 aliphatic heterocycles. The molecule has 2 N–H and O–H groups in total. The SMILES string of the molecule is Cl.Cn1cc([C@H]2CNC[C@@H]2C(=O)NCC2(Sc3ccccc3)CC2)cn1. The maximum absolute atomic E-state index is 12.8. The zero-order valence-electron chi connectivity index (χ0n) is 14.9. The Morgan fingerprint density at radius 3 is 2.77 bits per heavy atom. The number of hydrogen-bond donors (Lipinski definition) is 2. The predicted octanol–water partition coefficient (Wildman–Crippen LogP) is 2.59. The number of nitrogens with zero attached hydrogens (tertiary/aromatic N) is 2. The largest absolute Gasteiger partial charge is 0.354 e. The third-order valence-electron chi connectivity index (χ3n) is 5.17. The maximum Gasteiger partial charge on any atom is 0.225 e. The van der Waals surface area contributed by atoms with Crippen LogP contribution in [0, 0.1) is 5.92 Å². The highest BCUT2D eigenvalue weighted by atomic mass is 35.5. The number of amides is 1. The van der Waals surface area contributed by atoms with Gasteiger partial charge < -0.3 is 10.6 Å². The van der Waals surface area contributed by atoms with Crippen molar-refractivity contribution in [2.24, 2.45) is 13.0 Å². The van der Waals surface area contributed by atoms with E-state index in [1.54, 1.807) is 4.68 Å². The van der Waals surface area contributed by atoms with E-state index in [2.05, 4.69) is 40.0 Å². The molecule has 5 nitrogen and oxygen atoms in total. The van der Waals surface area contributed by atoms with Gasteiger partial charge in [0.05, 0.1) is 12.1 Å². The second kappa shape index (κ2) is 8.03. The van der Waals surface area contributed by atoms with Gasteiger partial charge in [0.25, 0.3) is 0 Å². The van der Waals surface area contributed by atoms with Crippen molar-refractivity contribution in [3.05, 3.63) is 48.3 Å². The van der Waals surface area contributed by atoms with Gasteiger partial charge in [0, 0.05) is 48.4 Å². The number of benzene rings is 1. The van der Waals surface area contributed by atoms with Crippen LogP contribution in [-0.4, -0.2) is 40.1 Å². The molecular formula is C19H25ClN4OS. The number of rotatable bonds is 6. The van der Waals surface area contributed by atoms with E-state index in [9.17, 15) is 4.79 Å². The van der Waals surface area contributed by atoms with E-state index in [4.69, 9.17) is 0 Å². The van der Waals surface area contributed by atoms with Crippen molar-refractivity contribution in [1.29, 1.82) is 0 Å². The molecule has 0 unspecified atom stereocenters. The minimum Gasteiger partial charge on any atom is -0.354 e. The highest BCUT2D eigenvalue weighted by Crippen LogP contribution is 2.51. The van der Waals surface area contributed by atoms with Crippen LogP contribution < -0.4 is 10.6 Å². The number of hydrogen-bond acceptors (Lipinski definition) is 4. The predicted molar refractivity (Wildman–Crippen MR) is 107 cm³/mol. The molecule has 7 heteroatoms. The van der Waals surface area contributed by atoms with Gasteiger partial charge in [-0.1, -0.05) is 18.2 Å². The number of halogens is 1. The molecule has 1 aromatic carbocycles. The standard InChI is InChI=1S/C19H24N4OS.ClH/c1-23-12-14(9-22-23)16-10-20-11-17(16)18(24)21-13-19(7-8-19)25-15-5-3-2-4-6-15;/h2-6,9,12,16-17,20H,7-8,10-11,13H2,1H3,(H,21,24);1H/t16-,17+;/m1./s1. The Hall–Kier alpha value is -1.50. The second-order valence-corrected chi connectivity index (χ2v) is 8.68. The van der Waals surface area contributed by atoms with E-state index in [1.165, 1.54) is 17.7 Å². The summed E-state index contributed by atoms with van der Waals surface area (Å²) in [5.74, 6) is 0.367. The van der Waals surface area contributed by atoms with E-state index in [1.807, 2.05) is 37.3 Å². The van der Waals surface area contributed by atoms with E-state index < -0.39 is 0 Å². The molecular weight excluding hydrogens is 368 g/mol. The van der Waals surface area contributed by atoms with Crippen LogP contribution in [0.15, 0.2) is 47.6 Å². The first-order valence-corrected chi connectivity index (χ1v) is 9.68. The minimum atomic E-state index is -0.0123. The normalized spacial score (nSPS) is 23.3. The number of aryl methyl sites for hydroxylation is 1. The number of nitrogens with one attached hydrogen (secondary N) is 2. The molecule has 2 heterocycles. The van der Waals surface area contributed by atoms with Crippen LogP contribution in [-0.2, 0) is 11.8 Å². The molecule has 1 aliphatic carbocycles. The van der Waals surface area contributed by atoms with Gasteiger partial charge >= 0.3 is 0 Å². The van der Waals surface area contributed by atoms with Gasteiger partial charge in [0.15, 0.2) is 0 Å². The summed E-state index contributed by atoms with van der Waals surface area (Å²) in [6, 6.07) is 10.5. The summed E-state index contributed by atoms with van der Waals surface area (Å²) in [5, 5.41) is 10.8. The molecule has 4 rings (SSSR count). The van der Waals surface area contributed by atoms with Gasteiger partial charge in [-0.25, -0.2) is 0 Å². The Labute approximate surface area is 164 Å². The third kappa shape index (κ3) is 4.24. The van der Waals surface area contributed by atoms with Crippen molar-refractivity contribution in [3.8, 4) is 0 Å². The highest BCUT2D eigenvalue weighted by Gasteiger charge is 2.44. The molecule has 0 bridgehead atoms. The first-order chi connectivity index (χ1) is 12.2. The van der Waals surface area contributed by atoms with Gasteiger partial charge in [-0.05, 0) is 30.5 Å². The Balaban J connectivity index is 0.00000196. The van der Waals surface area contributed by atoms with Crippen LogP contribution in [0.2, 0.25) is 0 Å². The molecule has 1 amide bonds. The fourth-order valence-corrected chi connectivity index (χ4v) is 4.75. The molecule has 2 fully saturated rings. The average molecular weight is 393 g/mol. The molecule has 0 radical (unpaired) electrons. The molecule has 1 aromatic heterocycles.